The Hall–Kier alpha value is -2.70. The molecule has 0 aliphatic carbocycles. The molecule has 0 spiro atoms. The van der Waals surface area contributed by atoms with E-state index >= 15 is 0 Å². The zero-order chi connectivity index (χ0) is 40.3. The fraction of sp³-hybridized carbons (Fsp3) is 0.714. The molecule has 0 heterocycles. The molecule has 0 rings (SSSR count). The van der Waals surface area contributed by atoms with Crippen molar-refractivity contribution in [1.82, 2.24) is 5.32 Å². The maximum absolute atomic E-state index is 13.1. The third-order valence-corrected chi connectivity index (χ3v) is 9.76. The Balaban J connectivity index is 4.74. The van der Waals surface area contributed by atoms with Gasteiger partial charge in [-0.1, -0.05) is 184 Å². The van der Waals surface area contributed by atoms with Crippen molar-refractivity contribution in [3.05, 3.63) is 72.9 Å². The van der Waals surface area contributed by atoms with Gasteiger partial charge < -0.3 is 20.3 Å². The highest BCUT2D eigenvalue weighted by Gasteiger charge is 2.23. The second-order valence-electron chi connectivity index (χ2n) is 15.1. The number of unbranched alkanes of at least 4 members (excludes halogenated alkanes) is 17. The molecule has 0 aliphatic heterocycles. The normalized spacial score (nSPS) is 14.1. The lowest BCUT2D eigenvalue weighted by Gasteiger charge is -2.23. The van der Waals surface area contributed by atoms with Gasteiger partial charge in [-0.3, -0.25) is 9.59 Å². The Morgan fingerprint density at radius 1 is 0.564 bits per heavy atom. The van der Waals surface area contributed by atoms with Gasteiger partial charge in [0, 0.05) is 6.42 Å². The first-order valence-electron chi connectivity index (χ1n) is 22.7. The van der Waals surface area contributed by atoms with Crippen molar-refractivity contribution in [3.8, 4) is 0 Å². The third kappa shape index (κ3) is 38.0. The van der Waals surface area contributed by atoms with E-state index < -0.39 is 18.2 Å². The molecule has 3 unspecified atom stereocenters. The number of hydrogen-bond donors (Lipinski definition) is 3. The van der Waals surface area contributed by atoms with E-state index in [0.29, 0.717) is 19.3 Å². The van der Waals surface area contributed by atoms with E-state index in [1.807, 2.05) is 6.08 Å². The highest BCUT2D eigenvalue weighted by atomic mass is 16.5. The summed E-state index contributed by atoms with van der Waals surface area (Å²) in [6.07, 6.45) is 52.8. The second-order valence-corrected chi connectivity index (χ2v) is 15.1. The predicted octanol–water partition coefficient (Wildman–Crippen LogP) is 13.1. The summed E-state index contributed by atoms with van der Waals surface area (Å²) in [6, 6.07) is -0.739. The molecule has 0 saturated carbocycles. The van der Waals surface area contributed by atoms with Crippen LogP contribution in [0.15, 0.2) is 72.9 Å². The number of hydrogen-bond acceptors (Lipinski definition) is 5. The van der Waals surface area contributed by atoms with E-state index in [-0.39, 0.29) is 24.9 Å². The summed E-state index contributed by atoms with van der Waals surface area (Å²) in [6.45, 7) is 6.28. The van der Waals surface area contributed by atoms with Crippen molar-refractivity contribution >= 4 is 11.9 Å². The minimum absolute atomic E-state index is 0.0448. The van der Waals surface area contributed by atoms with Gasteiger partial charge in [-0.2, -0.15) is 0 Å². The number of ether oxygens (including phenoxy) is 1. The summed E-state index contributed by atoms with van der Waals surface area (Å²) >= 11 is 0. The SMILES string of the molecule is CC/C=C/C/C=C/C/C=C/C/C=C/CCCCCC(=O)OC(/C=C/C/C=C\CCCCCCCC)CC(=O)NC(CO)C(O)CCCCCCCCCCC. The van der Waals surface area contributed by atoms with Gasteiger partial charge in [0.05, 0.1) is 25.2 Å². The van der Waals surface area contributed by atoms with E-state index in [9.17, 15) is 19.8 Å². The van der Waals surface area contributed by atoms with Gasteiger partial charge in [-0.05, 0) is 76.7 Å². The Labute approximate surface area is 339 Å². The molecule has 0 fully saturated rings. The number of nitrogens with one attached hydrogen (secondary N) is 1. The molecular formula is C49H85NO5. The van der Waals surface area contributed by atoms with Crippen LogP contribution in [-0.4, -0.2) is 46.9 Å². The number of aliphatic hydroxyl groups is 2. The Bertz CT molecular complexity index is 1040. The zero-order valence-electron chi connectivity index (χ0n) is 35.8. The van der Waals surface area contributed by atoms with Gasteiger partial charge in [0.1, 0.15) is 6.10 Å². The Morgan fingerprint density at radius 2 is 1.02 bits per heavy atom. The van der Waals surface area contributed by atoms with Gasteiger partial charge in [0.25, 0.3) is 0 Å². The van der Waals surface area contributed by atoms with Crippen LogP contribution in [-0.2, 0) is 14.3 Å². The standard InChI is InChI=1S/C49H85NO5/c1-4-7-10-13-16-19-21-22-23-24-25-27-30-33-36-39-42-49(54)55-45(40-37-34-31-29-26-20-17-14-11-8-5-2)43-48(53)50-46(44-51)47(52)41-38-35-32-28-18-15-12-9-6-3/h7,10,16,19,22-23,25,27,29,31,37,40,45-47,51-52H,4-6,8-9,11-15,17-18,20-21,24,26,28,30,32-36,38-39,41-44H2,1-3H3,(H,50,53)/b10-7+,19-16+,23-22+,27-25+,31-29-,40-37+. The minimum Gasteiger partial charge on any atom is -0.458 e. The minimum atomic E-state index is -0.816. The van der Waals surface area contributed by atoms with Crippen LogP contribution in [0.25, 0.3) is 0 Å². The van der Waals surface area contributed by atoms with Crippen molar-refractivity contribution in [3.63, 3.8) is 0 Å². The van der Waals surface area contributed by atoms with Crippen LogP contribution in [0.4, 0.5) is 0 Å². The maximum Gasteiger partial charge on any atom is 0.306 e. The molecule has 55 heavy (non-hydrogen) atoms. The number of rotatable bonds is 39. The highest BCUT2D eigenvalue weighted by Crippen LogP contribution is 2.14. The van der Waals surface area contributed by atoms with Crippen molar-refractivity contribution < 1.29 is 24.5 Å². The van der Waals surface area contributed by atoms with E-state index in [0.717, 1.165) is 77.0 Å². The van der Waals surface area contributed by atoms with Crippen molar-refractivity contribution in [1.29, 1.82) is 0 Å². The van der Waals surface area contributed by atoms with E-state index in [2.05, 4.69) is 86.8 Å². The zero-order valence-corrected chi connectivity index (χ0v) is 35.8. The van der Waals surface area contributed by atoms with Gasteiger partial charge in [-0.15, -0.1) is 0 Å². The number of amides is 1. The lowest BCUT2D eigenvalue weighted by atomic mass is 10.0. The van der Waals surface area contributed by atoms with Gasteiger partial charge in [0.15, 0.2) is 0 Å². The van der Waals surface area contributed by atoms with Crippen molar-refractivity contribution in [2.75, 3.05) is 6.61 Å². The summed E-state index contributed by atoms with van der Waals surface area (Å²) in [5.74, 6) is -0.648. The number of aliphatic hydroxyl groups excluding tert-OH is 2. The molecule has 0 bridgehead atoms. The van der Waals surface area contributed by atoms with E-state index in [1.165, 1.54) is 77.0 Å². The van der Waals surface area contributed by atoms with E-state index in [4.69, 9.17) is 4.74 Å². The average Bonchev–Trinajstić information content (AvgIpc) is 3.18. The molecule has 0 radical (unpaired) electrons. The maximum atomic E-state index is 13.1. The van der Waals surface area contributed by atoms with Gasteiger partial charge in [0.2, 0.25) is 5.91 Å². The molecule has 6 heteroatoms. The molecule has 316 valence electrons. The Morgan fingerprint density at radius 3 is 1.55 bits per heavy atom. The second kappa shape index (κ2) is 42.4. The van der Waals surface area contributed by atoms with Crippen LogP contribution in [0.1, 0.15) is 201 Å². The molecule has 6 nitrogen and oxygen atoms in total. The molecular weight excluding hydrogens is 683 g/mol. The van der Waals surface area contributed by atoms with Crippen LogP contribution in [0.2, 0.25) is 0 Å². The van der Waals surface area contributed by atoms with Crippen molar-refractivity contribution in [2.45, 2.75) is 219 Å². The number of esters is 1. The van der Waals surface area contributed by atoms with Crippen LogP contribution in [0.5, 0.6) is 0 Å². The van der Waals surface area contributed by atoms with Crippen LogP contribution in [0, 0.1) is 0 Å². The lowest BCUT2D eigenvalue weighted by Crippen LogP contribution is -2.46. The topological polar surface area (TPSA) is 95.9 Å². The number of carbonyl (C=O) groups is 2. The van der Waals surface area contributed by atoms with Crippen LogP contribution < -0.4 is 5.32 Å². The predicted molar refractivity (Wildman–Crippen MR) is 236 cm³/mol. The summed E-state index contributed by atoms with van der Waals surface area (Å²) in [5.41, 5.74) is 0. The lowest BCUT2D eigenvalue weighted by molar-refractivity contribution is -0.148. The first-order chi connectivity index (χ1) is 27.0. The first-order valence-corrected chi connectivity index (χ1v) is 22.7. The monoisotopic (exact) mass is 768 g/mol. The van der Waals surface area contributed by atoms with E-state index in [1.54, 1.807) is 6.08 Å². The molecule has 0 aliphatic rings. The number of allylic oxidation sites excluding steroid dienone is 11. The van der Waals surface area contributed by atoms with Gasteiger partial charge in [-0.25, -0.2) is 0 Å². The summed E-state index contributed by atoms with van der Waals surface area (Å²) < 4.78 is 5.78. The first kappa shape index (κ1) is 52.3. The van der Waals surface area contributed by atoms with Crippen LogP contribution in [0.3, 0.4) is 0 Å². The fourth-order valence-corrected chi connectivity index (χ4v) is 6.33. The largest absolute Gasteiger partial charge is 0.458 e. The smallest absolute Gasteiger partial charge is 0.306 e. The molecule has 0 aromatic carbocycles. The molecule has 0 saturated heterocycles. The summed E-state index contributed by atoms with van der Waals surface area (Å²) in [5, 5.41) is 23.5. The van der Waals surface area contributed by atoms with Crippen LogP contribution >= 0.6 is 0 Å². The molecule has 1 amide bonds. The highest BCUT2D eigenvalue weighted by molar-refractivity contribution is 5.78. The third-order valence-electron chi connectivity index (χ3n) is 9.76. The average molecular weight is 768 g/mol. The summed E-state index contributed by atoms with van der Waals surface area (Å²) in [4.78, 5) is 25.9. The fourth-order valence-electron chi connectivity index (χ4n) is 6.33. The summed E-state index contributed by atoms with van der Waals surface area (Å²) in [7, 11) is 0. The van der Waals surface area contributed by atoms with Gasteiger partial charge >= 0.3 is 5.97 Å². The van der Waals surface area contributed by atoms with Crippen molar-refractivity contribution in [2.24, 2.45) is 0 Å². The quantitative estimate of drug-likeness (QED) is 0.0329. The molecule has 3 N–H and O–H groups in total. The molecule has 3 atom stereocenters. The molecule has 0 aromatic rings. The molecule has 0 aromatic heterocycles. The Kier molecular flexibility index (Phi) is 40.4. The number of carbonyl (C=O) groups excluding carboxylic acids is 2.